The van der Waals surface area contributed by atoms with Crippen LogP contribution >= 0.6 is 0 Å². The second-order valence-corrected chi connectivity index (χ2v) is 13.1. The zero-order valence-corrected chi connectivity index (χ0v) is 30.6. The summed E-state index contributed by atoms with van der Waals surface area (Å²) in [6.07, 6.45) is 1.96. The van der Waals surface area contributed by atoms with Gasteiger partial charge in [0.05, 0.1) is 27.4 Å². The Balaban J connectivity index is 1.38. The maximum atomic E-state index is 14.0. The van der Waals surface area contributed by atoms with Gasteiger partial charge in [0.2, 0.25) is 11.7 Å². The number of anilines is 3. The number of amides is 1. The Hall–Kier alpha value is -4.87. The zero-order valence-electron chi connectivity index (χ0n) is 30.6. The van der Waals surface area contributed by atoms with Crippen molar-refractivity contribution in [2.75, 3.05) is 70.8 Å². The molecule has 1 fully saturated rings. The van der Waals surface area contributed by atoms with Crippen LogP contribution in [0.1, 0.15) is 39.8 Å². The molecule has 11 nitrogen and oxygen atoms in total. The van der Waals surface area contributed by atoms with Gasteiger partial charge in [-0.3, -0.25) is 4.90 Å². The first-order valence-electron chi connectivity index (χ1n) is 17.1. The van der Waals surface area contributed by atoms with Gasteiger partial charge in [-0.05, 0) is 70.8 Å². The maximum absolute atomic E-state index is 14.0. The molecule has 0 aliphatic carbocycles. The first-order valence-corrected chi connectivity index (χ1v) is 17.1. The van der Waals surface area contributed by atoms with Crippen molar-refractivity contribution in [2.45, 2.75) is 47.6 Å². The molecule has 1 aliphatic rings. The number of methoxy groups -OCH3 is 2. The molecule has 0 bridgehead atoms. The molecule has 3 aromatic carbocycles. The van der Waals surface area contributed by atoms with Crippen molar-refractivity contribution in [3.05, 3.63) is 88.1 Å². The Kier molecular flexibility index (Phi) is 12.2. The van der Waals surface area contributed by atoms with Crippen molar-refractivity contribution in [3.8, 4) is 23.0 Å². The molecule has 0 atom stereocenters. The Morgan fingerprint density at radius 2 is 1.50 bits per heavy atom. The molecule has 0 unspecified atom stereocenters. The number of benzene rings is 3. The predicted molar refractivity (Wildman–Crippen MR) is 198 cm³/mol. The lowest BCUT2D eigenvalue weighted by Gasteiger charge is -2.32. The summed E-state index contributed by atoms with van der Waals surface area (Å²) in [6.45, 7) is 16.0. The van der Waals surface area contributed by atoms with E-state index in [1.165, 1.54) is 4.90 Å². The molecular weight excluding hydrogens is 632 g/mol. The molecule has 0 spiro atoms. The molecule has 2 heterocycles. The molecule has 50 heavy (non-hydrogen) atoms. The van der Waals surface area contributed by atoms with Gasteiger partial charge >= 0.3 is 6.09 Å². The van der Waals surface area contributed by atoms with E-state index in [0.29, 0.717) is 41.1 Å². The summed E-state index contributed by atoms with van der Waals surface area (Å²) < 4.78 is 23.6. The van der Waals surface area contributed by atoms with Gasteiger partial charge in [-0.1, -0.05) is 47.0 Å². The van der Waals surface area contributed by atoms with Crippen LogP contribution < -0.4 is 29.2 Å². The number of piperazine rings is 1. The third-order valence-corrected chi connectivity index (χ3v) is 8.73. The first kappa shape index (κ1) is 36.4. The average molecular weight is 683 g/mol. The molecule has 0 radical (unpaired) electrons. The largest absolute Gasteiger partial charge is 0.493 e. The third-order valence-electron chi connectivity index (χ3n) is 8.73. The Morgan fingerprint density at radius 1 is 0.840 bits per heavy atom. The molecule has 4 aromatic rings. The molecule has 0 saturated carbocycles. The quantitative estimate of drug-likeness (QED) is 0.148. The van der Waals surface area contributed by atoms with Crippen molar-refractivity contribution in [3.63, 3.8) is 0 Å². The number of carbonyl (C=O) groups excluding carboxylic acids is 1. The van der Waals surface area contributed by atoms with Gasteiger partial charge in [0, 0.05) is 56.7 Å². The van der Waals surface area contributed by atoms with Crippen molar-refractivity contribution in [2.24, 2.45) is 0 Å². The minimum atomic E-state index is -0.540. The smallest absolute Gasteiger partial charge is 0.421 e. The molecule has 1 aromatic heterocycles. The number of likely N-dealkylation sites (N-methyl/N-ethyl adjacent to an activating group) is 1. The maximum Gasteiger partial charge on any atom is 0.421 e. The van der Waals surface area contributed by atoms with E-state index >= 15 is 0 Å². The average Bonchev–Trinajstić information content (AvgIpc) is 3.07. The number of rotatable bonds is 13. The first-order chi connectivity index (χ1) is 24.0. The summed E-state index contributed by atoms with van der Waals surface area (Å²) in [5, 5.41) is 3.28. The predicted octanol–water partition coefficient (Wildman–Crippen LogP) is 7.00. The number of carbonyl (C=O) groups is 1. The lowest BCUT2D eigenvalue weighted by molar-refractivity contribution is 0.145. The van der Waals surface area contributed by atoms with E-state index in [1.54, 1.807) is 32.5 Å². The van der Waals surface area contributed by atoms with Crippen LogP contribution in [0.25, 0.3) is 0 Å². The molecule has 1 aliphatic heterocycles. The number of ether oxygens (including phenoxy) is 4. The van der Waals surface area contributed by atoms with Crippen LogP contribution in [0, 0.1) is 34.6 Å². The van der Waals surface area contributed by atoms with Crippen LogP contribution in [-0.2, 0) is 6.54 Å². The Bertz CT molecular complexity index is 1750. The molecule has 11 heteroatoms. The standard InChI is InChI=1S/C39H50N6O5/c1-26-18-27(2)22-31(21-26)25-45(39(46)50-36-29(4)19-28(3)20-30(36)5)35-10-11-40-38(42-35)41-32-23-33(47-7)37(48-8)34(24-32)49-17-9-12-44-15-13-43(6)14-16-44/h10-11,18-24H,9,12-17,25H2,1-8H3,(H,40,41,42). The van der Waals surface area contributed by atoms with Crippen molar-refractivity contribution in [1.82, 2.24) is 19.8 Å². The molecule has 266 valence electrons. The van der Waals surface area contributed by atoms with E-state index < -0.39 is 6.09 Å². The van der Waals surface area contributed by atoms with Crippen molar-refractivity contribution < 1.29 is 23.7 Å². The van der Waals surface area contributed by atoms with Crippen LogP contribution in [0.2, 0.25) is 0 Å². The highest BCUT2D eigenvalue weighted by Gasteiger charge is 2.23. The van der Waals surface area contributed by atoms with E-state index in [4.69, 9.17) is 23.9 Å². The second-order valence-electron chi connectivity index (χ2n) is 13.1. The number of nitrogens with one attached hydrogen (secondary N) is 1. The normalized spacial score (nSPS) is 13.5. The van der Waals surface area contributed by atoms with Crippen LogP contribution in [0.3, 0.4) is 0 Å². The molecule has 1 saturated heterocycles. The Labute approximate surface area is 296 Å². The lowest BCUT2D eigenvalue weighted by atomic mass is 10.1. The highest BCUT2D eigenvalue weighted by molar-refractivity contribution is 5.88. The van der Waals surface area contributed by atoms with Crippen LogP contribution in [0.5, 0.6) is 23.0 Å². The summed E-state index contributed by atoms with van der Waals surface area (Å²) in [5.74, 6) is 2.78. The highest BCUT2D eigenvalue weighted by atomic mass is 16.6. The van der Waals surface area contributed by atoms with Crippen LogP contribution in [0.15, 0.2) is 54.7 Å². The molecule has 5 rings (SSSR count). The van der Waals surface area contributed by atoms with E-state index in [0.717, 1.165) is 72.5 Å². The van der Waals surface area contributed by atoms with Gasteiger partial charge in [0.15, 0.2) is 11.5 Å². The summed E-state index contributed by atoms with van der Waals surface area (Å²) in [6, 6.07) is 15.6. The van der Waals surface area contributed by atoms with E-state index in [-0.39, 0.29) is 12.5 Å². The fourth-order valence-corrected chi connectivity index (χ4v) is 6.39. The van der Waals surface area contributed by atoms with Crippen LogP contribution in [0.4, 0.5) is 22.2 Å². The van der Waals surface area contributed by atoms with Gasteiger partial charge in [-0.25, -0.2) is 9.78 Å². The Morgan fingerprint density at radius 3 is 2.16 bits per heavy atom. The molecule has 1 amide bonds. The van der Waals surface area contributed by atoms with Crippen LogP contribution in [-0.4, -0.2) is 86.5 Å². The second kappa shape index (κ2) is 16.7. The number of nitrogens with zero attached hydrogens (tertiary/aromatic N) is 5. The number of aromatic nitrogens is 2. The van der Waals surface area contributed by atoms with Gasteiger partial charge in [0.1, 0.15) is 11.6 Å². The topological polar surface area (TPSA) is 102 Å². The van der Waals surface area contributed by atoms with Gasteiger partial charge in [-0.15, -0.1) is 0 Å². The van der Waals surface area contributed by atoms with Gasteiger partial charge < -0.3 is 34.1 Å². The van der Waals surface area contributed by atoms with Gasteiger partial charge in [-0.2, -0.15) is 4.98 Å². The number of aryl methyl sites for hydroxylation is 5. The summed E-state index contributed by atoms with van der Waals surface area (Å²) in [4.78, 5) is 29.5. The summed E-state index contributed by atoms with van der Waals surface area (Å²) in [7, 11) is 5.34. The van der Waals surface area contributed by atoms with E-state index in [2.05, 4.69) is 45.3 Å². The fourth-order valence-electron chi connectivity index (χ4n) is 6.39. The SMILES string of the molecule is COc1cc(Nc2nccc(N(Cc3cc(C)cc(C)c3)C(=O)Oc3c(C)cc(C)cc3C)n2)cc(OCCCN2CCN(C)CC2)c1OC. The minimum absolute atomic E-state index is 0.254. The highest BCUT2D eigenvalue weighted by Crippen LogP contribution is 2.41. The third kappa shape index (κ3) is 9.42. The van der Waals surface area contributed by atoms with E-state index in [9.17, 15) is 4.79 Å². The number of hydrogen-bond acceptors (Lipinski definition) is 10. The molecule has 1 N–H and O–H groups in total. The number of hydrogen-bond donors (Lipinski definition) is 1. The monoisotopic (exact) mass is 682 g/mol. The zero-order chi connectivity index (χ0) is 35.8. The van der Waals surface area contributed by atoms with Crippen molar-refractivity contribution in [1.29, 1.82) is 0 Å². The summed E-state index contributed by atoms with van der Waals surface area (Å²) in [5.41, 5.74) is 6.69. The van der Waals surface area contributed by atoms with Gasteiger partial charge in [0.25, 0.3) is 0 Å². The van der Waals surface area contributed by atoms with Crippen molar-refractivity contribution >= 4 is 23.5 Å². The lowest BCUT2D eigenvalue weighted by Crippen LogP contribution is -2.44. The molecular formula is C39H50N6O5. The summed E-state index contributed by atoms with van der Waals surface area (Å²) >= 11 is 0. The fraction of sp³-hybridized carbons (Fsp3) is 0.410. The minimum Gasteiger partial charge on any atom is -0.493 e. The van der Waals surface area contributed by atoms with E-state index in [1.807, 2.05) is 52.8 Å².